The summed E-state index contributed by atoms with van der Waals surface area (Å²) < 4.78 is 12.9. The Labute approximate surface area is 441 Å². The van der Waals surface area contributed by atoms with Gasteiger partial charge in [0.05, 0.1) is 0 Å². The lowest BCUT2D eigenvalue weighted by atomic mass is 10.0. The van der Waals surface area contributed by atoms with Crippen molar-refractivity contribution < 1.29 is 8.83 Å². The minimum atomic E-state index is 0.897. The van der Waals surface area contributed by atoms with Crippen LogP contribution in [-0.4, -0.2) is 0 Å². The average molecular weight is 973 g/mol. The summed E-state index contributed by atoms with van der Waals surface area (Å²) in [5.74, 6) is 0. The molecule has 0 spiro atoms. The number of fused-ring (bicyclic) bond motifs is 6. The van der Waals surface area contributed by atoms with Gasteiger partial charge in [0.2, 0.25) is 0 Å². The Kier molecular flexibility index (Phi) is 11.2. The number of hydrogen-bond acceptors (Lipinski definition) is 4. The van der Waals surface area contributed by atoms with Crippen LogP contribution >= 0.6 is 0 Å². The second-order valence-corrected chi connectivity index (χ2v) is 19.2. The van der Waals surface area contributed by atoms with Gasteiger partial charge in [0, 0.05) is 66.8 Å². The van der Waals surface area contributed by atoms with Crippen molar-refractivity contribution in [3.8, 4) is 55.6 Å². The third kappa shape index (κ3) is 8.15. The third-order valence-corrected chi connectivity index (χ3v) is 14.7. The molecule has 0 aliphatic heterocycles. The molecule has 0 N–H and O–H groups in total. The van der Waals surface area contributed by atoms with Gasteiger partial charge in [-0.2, -0.15) is 0 Å². The number of para-hydroxylation sites is 4. The SMILES string of the molecule is c1ccc(-c2ccc(N(c3ccc(-c4ccc(N(c5ccc(-c6ccccc6)cc5)c5ccc(-c6cccc7c6oc6ccccc67)cc5)cc4)cc3)c3ccc(-c4cccc5c4oc4ccccc45)cc3)cc2)cc1. The highest BCUT2D eigenvalue weighted by Crippen LogP contribution is 2.43. The van der Waals surface area contributed by atoms with Crippen LogP contribution in [0, 0.1) is 0 Å². The molecule has 0 bridgehead atoms. The van der Waals surface area contributed by atoms with Gasteiger partial charge in [-0.05, 0) is 129 Å². The highest BCUT2D eigenvalue weighted by Gasteiger charge is 2.19. The maximum atomic E-state index is 6.45. The van der Waals surface area contributed by atoms with Crippen LogP contribution in [0.5, 0.6) is 0 Å². The number of benzene rings is 12. The predicted molar refractivity (Wildman–Crippen MR) is 318 cm³/mol. The molecule has 14 aromatic rings. The molecule has 0 atom stereocenters. The minimum absolute atomic E-state index is 0.897. The number of furan rings is 2. The average Bonchev–Trinajstić information content (AvgIpc) is 4.10. The first-order valence-electron chi connectivity index (χ1n) is 25.8. The van der Waals surface area contributed by atoms with Crippen molar-refractivity contribution in [3.05, 3.63) is 291 Å². The number of anilines is 6. The van der Waals surface area contributed by atoms with Crippen LogP contribution in [0.25, 0.3) is 99.5 Å². The zero-order valence-corrected chi connectivity index (χ0v) is 41.4. The van der Waals surface area contributed by atoms with Gasteiger partial charge in [-0.25, -0.2) is 0 Å². The second-order valence-electron chi connectivity index (χ2n) is 19.2. The van der Waals surface area contributed by atoms with Crippen LogP contribution in [-0.2, 0) is 0 Å². The van der Waals surface area contributed by atoms with E-state index in [0.29, 0.717) is 0 Å². The number of nitrogens with zero attached hydrogens (tertiary/aromatic N) is 2. The van der Waals surface area contributed by atoms with Crippen LogP contribution in [0.4, 0.5) is 34.1 Å². The summed E-state index contributed by atoms with van der Waals surface area (Å²) in [5, 5.41) is 4.50. The van der Waals surface area contributed by atoms with Crippen LogP contribution in [0.2, 0.25) is 0 Å². The first-order chi connectivity index (χ1) is 37.7. The number of hydrogen-bond donors (Lipinski definition) is 0. The zero-order valence-electron chi connectivity index (χ0n) is 41.4. The molecular formula is C72H48N2O2. The summed E-state index contributed by atoms with van der Waals surface area (Å²) in [6.07, 6.45) is 0. The zero-order chi connectivity index (χ0) is 50.4. The Bertz CT molecular complexity index is 4050. The second kappa shape index (κ2) is 19.0. The van der Waals surface area contributed by atoms with E-state index in [1.54, 1.807) is 0 Å². The molecule has 2 heterocycles. The van der Waals surface area contributed by atoms with E-state index < -0.39 is 0 Å². The fraction of sp³-hybridized carbons (Fsp3) is 0. The smallest absolute Gasteiger partial charge is 0.143 e. The molecule has 0 aliphatic rings. The molecule has 0 saturated heterocycles. The maximum Gasteiger partial charge on any atom is 0.143 e. The lowest BCUT2D eigenvalue weighted by Crippen LogP contribution is -2.10. The minimum Gasteiger partial charge on any atom is -0.455 e. The van der Waals surface area contributed by atoms with Crippen molar-refractivity contribution in [2.24, 2.45) is 0 Å². The van der Waals surface area contributed by atoms with Gasteiger partial charge in [0.25, 0.3) is 0 Å². The molecule has 14 rings (SSSR count). The third-order valence-electron chi connectivity index (χ3n) is 14.7. The molecule has 4 heteroatoms. The molecule has 76 heavy (non-hydrogen) atoms. The maximum absolute atomic E-state index is 6.45. The molecule has 0 unspecified atom stereocenters. The van der Waals surface area contributed by atoms with Gasteiger partial charge in [-0.15, -0.1) is 0 Å². The van der Waals surface area contributed by atoms with Crippen molar-refractivity contribution in [2.75, 3.05) is 9.80 Å². The summed E-state index contributed by atoms with van der Waals surface area (Å²) in [6, 6.07) is 104. The van der Waals surface area contributed by atoms with Crippen LogP contribution in [0.3, 0.4) is 0 Å². The molecule has 12 aromatic carbocycles. The van der Waals surface area contributed by atoms with Crippen molar-refractivity contribution in [1.82, 2.24) is 0 Å². The molecule has 4 nitrogen and oxygen atoms in total. The summed E-state index contributed by atoms with van der Waals surface area (Å²) in [6.45, 7) is 0. The molecule has 358 valence electrons. The van der Waals surface area contributed by atoms with Gasteiger partial charge in [-0.3, -0.25) is 0 Å². The van der Waals surface area contributed by atoms with Crippen molar-refractivity contribution >= 4 is 78.0 Å². The number of rotatable bonds is 11. The fourth-order valence-corrected chi connectivity index (χ4v) is 10.9. The van der Waals surface area contributed by atoms with E-state index in [1.165, 1.54) is 22.3 Å². The van der Waals surface area contributed by atoms with E-state index in [9.17, 15) is 0 Å². The van der Waals surface area contributed by atoms with Crippen LogP contribution in [0.1, 0.15) is 0 Å². The van der Waals surface area contributed by atoms with E-state index in [2.05, 4.69) is 277 Å². The Morgan fingerprint density at radius 1 is 0.184 bits per heavy atom. The highest BCUT2D eigenvalue weighted by atomic mass is 16.3. The van der Waals surface area contributed by atoms with E-state index in [0.717, 1.165) is 111 Å². The summed E-state index contributed by atoms with van der Waals surface area (Å²) in [7, 11) is 0. The van der Waals surface area contributed by atoms with Crippen molar-refractivity contribution in [2.45, 2.75) is 0 Å². The molecule has 0 aliphatic carbocycles. The van der Waals surface area contributed by atoms with Gasteiger partial charge < -0.3 is 18.6 Å². The highest BCUT2D eigenvalue weighted by molar-refractivity contribution is 6.10. The summed E-state index contributed by atoms with van der Waals surface area (Å²) in [4.78, 5) is 4.66. The van der Waals surface area contributed by atoms with E-state index in [1.807, 2.05) is 24.3 Å². The first kappa shape index (κ1) is 44.5. The van der Waals surface area contributed by atoms with Gasteiger partial charge in [0.15, 0.2) is 0 Å². The Morgan fingerprint density at radius 2 is 0.434 bits per heavy atom. The van der Waals surface area contributed by atoms with Gasteiger partial charge in [0.1, 0.15) is 22.3 Å². The molecule has 0 amide bonds. The van der Waals surface area contributed by atoms with E-state index in [4.69, 9.17) is 8.83 Å². The standard InChI is InChI=1S/C72H48N2O2/c1-3-13-49(14-4-1)51-25-37-57(38-26-51)73(61-45-33-55(34-46-61)63-19-11-21-67-65-17-7-9-23-69(65)75-71(63)67)59-41-29-53(30-42-59)54-31-43-60(44-32-54)74(58-39-27-52(28-40-58)50-15-5-2-6-16-50)62-47-35-56(36-48-62)64-20-12-22-68-66-18-8-10-24-70(66)76-72(64)68/h1-48H. The topological polar surface area (TPSA) is 32.8 Å². The van der Waals surface area contributed by atoms with Gasteiger partial charge >= 0.3 is 0 Å². The monoisotopic (exact) mass is 972 g/mol. The Balaban J connectivity index is 0.790. The quantitative estimate of drug-likeness (QED) is 0.129. The summed E-state index contributed by atoms with van der Waals surface area (Å²) >= 11 is 0. The largest absolute Gasteiger partial charge is 0.455 e. The van der Waals surface area contributed by atoms with E-state index in [-0.39, 0.29) is 0 Å². The van der Waals surface area contributed by atoms with E-state index >= 15 is 0 Å². The molecule has 0 radical (unpaired) electrons. The molecular weight excluding hydrogens is 925 g/mol. The lowest BCUT2D eigenvalue weighted by molar-refractivity contribution is 0.669. The molecule has 0 fully saturated rings. The van der Waals surface area contributed by atoms with Gasteiger partial charge in [-0.1, -0.05) is 206 Å². The van der Waals surface area contributed by atoms with Crippen molar-refractivity contribution in [1.29, 1.82) is 0 Å². The van der Waals surface area contributed by atoms with Crippen molar-refractivity contribution in [3.63, 3.8) is 0 Å². The predicted octanol–water partition coefficient (Wildman–Crippen LogP) is 20.8. The lowest BCUT2D eigenvalue weighted by Gasteiger charge is -2.27. The molecule has 0 saturated carbocycles. The van der Waals surface area contributed by atoms with Crippen LogP contribution < -0.4 is 9.80 Å². The fourth-order valence-electron chi connectivity index (χ4n) is 10.9. The van der Waals surface area contributed by atoms with Crippen LogP contribution in [0.15, 0.2) is 300 Å². The Morgan fingerprint density at radius 3 is 0.750 bits per heavy atom. The molecule has 2 aromatic heterocycles. The summed E-state index contributed by atoms with van der Waals surface area (Å²) in [5.41, 5.74) is 21.3. The first-order valence-corrected chi connectivity index (χ1v) is 25.8. The Hall–Kier alpha value is -10.2. The normalized spacial score (nSPS) is 11.4.